The van der Waals surface area contributed by atoms with Crippen molar-refractivity contribution in [2.75, 3.05) is 6.54 Å². The van der Waals surface area contributed by atoms with Gasteiger partial charge in [0.25, 0.3) is 0 Å². The van der Waals surface area contributed by atoms with Gasteiger partial charge in [0.05, 0.1) is 0 Å². The van der Waals surface area contributed by atoms with Gasteiger partial charge in [0.2, 0.25) is 0 Å². The van der Waals surface area contributed by atoms with Crippen LogP contribution in [0.2, 0.25) is 5.02 Å². The maximum absolute atomic E-state index is 13.2. The Kier molecular flexibility index (Phi) is 4.13. The number of hydrogen-bond donors (Lipinski definition) is 1. The molecule has 1 heterocycles. The van der Waals surface area contributed by atoms with Crippen LogP contribution < -0.4 is 10.5 Å². The third-order valence-electron chi connectivity index (χ3n) is 3.94. The Morgan fingerprint density at radius 2 is 2.10 bits per heavy atom. The maximum Gasteiger partial charge on any atom is 0.123 e. The van der Waals surface area contributed by atoms with Crippen LogP contribution in [0.3, 0.4) is 0 Å². The lowest BCUT2D eigenvalue weighted by Gasteiger charge is -2.20. The molecule has 2 unspecified atom stereocenters. The summed E-state index contributed by atoms with van der Waals surface area (Å²) in [5, 5.41) is 0.731. The molecule has 0 aromatic heterocycles. The van der Waals surface area contributed by atoms with Crippen LogP contribution in [0.25, 0.3) is 0 Å². The molecule has 2 aromatic rings. The van der Waals surface area contributed by atoms with Gasteiger partial charge in [-0.15, -0.1) is 0 Å². The molecule has 0 radical (unpaired) electrons. The largest absolute Gasteiger partial charge is 0.490 e. The Labute approximate surface area is 128 Å². The molecule has 3 rings (SSSR count). The molecule has 2 nitrogen and oxygen atoms in total. The van der Waals surface area contributed by atoms with Crippen LogP contribution in [0.15, 0.2) is 42.5 Å². The van der Waals surface area contributed by atoms with E-state index in [1.54, 1.807) is 12.1 Å². The Morgan fingerprint density at radius 1 is 1.29 bits per heavy atom. The third-order valence-corrected chi connectivity index (χ3v) is 4.28. The van der Waals surface area contributed by atoms with Crippen LogP contribution in [-0.2, 0) is 6.42 Å². The second kappa shape index (κ2) is 6.04. The van der Waals surface area contributed by atoms with Crippen LogP contribution in [0.5, 0.6) is 5.75 Å². The second-order valence-electron chi connectivity index (χ2n) is 5.39. The van der Waals surface area contributed by atoms with Crippen LogP contribution in [0.4, 0.5) is 4.39 Å². The van der Waals surface area contributed by atoms with Gasteiger partial charge >= 0.3 is 0 Å². The third kappa shape index (κ3) is 3.04. The van der Waals surface area contributed by atoms with E-state index in [2.05, 4.69) is 0 Å². The van der Waals surface area contributed by atoms with Crippen molar-refractivity contribution in [3.8, 4) is 5.75 Å². The first kappa shape index (κ1) is 14.4. The van der Waals surface area contributed by atoms with Crippen molar-refractivity contribution in [3.05, 3.63) is 64.4 Å². The van der Waals surface area contributed by atoms with Crippen molar-refractivity contribution in [2.45, 2.75) is 24.9 Å². The van der Waals surface area contributed by atoms with E-state index in [-0.39, 0.29) is 17.8 Å². The summed E-state index contributed by atoms with van der Waals surface area (Å²) in [6.45, 7) is 0.508. The van der Waals surface area contributed by atoms with Gasteiger partial charge in [-0.2, -0.15) is 0 Å². The summed E-state index contributed by atoms with van der Waals surface area (Å²) >= 11 is 6.25. The van der Waals surface area contributed by atoms with Gasteiger partial charge in [0, 0.05) is 22.9 Å². The molecular formula is C17H17ClFNO. The lowest BCUT2D eigenvalue weighted by Crippen LogP contribution is -2.22. The van der Waals surface area contributed by atoms with Crippen LogP contribution in [-0.4, -0.2) is 12.6 Å². The summed E-state index contributed by atoms with van der Waals surface area (Å²) in [6.07, 6.45) is 1.51. The molecule has 110 valence electrons. The molecule has 0 spiro atoms. The quantitative estimate of drug-likeness (QED) is 0.929. The van der Waals surface area contributed by atoms with Crippen molar-refractivity contribution >= 4 is 11.6 Å². The minimum Gasteiger partial charge on any atom is -0.490 e. The molecule has 1 aliphatic rings. The standard InChI is InChI=1S/C17H17ClFNO/c18-16-4-2-1-3-15(16)12(10-20)9-14-8-11-7-13(19)5-6-17(11)21-14/h1-7,12,14H,8-10,20H2. The zero-order valence-electron chi connectivity index (χ0n) is 11.6. The smallest absolute Gasteiger partial charge is 0.123 e. The van der Waals surface area contributed by atoms with Crippen LogP contribution >= 0.6 is 11.6 Å². The summed E-state index contributed by atoms with van der Waals surface area (Å²) in [6, 6.07) is 12.4. The first-order valence-corrected chi connectivity index (χ1v) is 7.44. The monoisotopic (exact) mass is 305 g/mol. The second-order valence-corrected chi connectivity index (χ2v) is 5.79. The highest BCUT2D eigenvalue weighted by Gasteiger charge is 2.27. The van der Waals surface area contributed by atoms with Crippen molar-refractivity contribution in [1.29, 1.82) is 0 Å². The molecule has 0 saturated heterocycles. The summed E-state index contributed by atoms with van der Waals surface area (Å²) in [7, 11) is 0. The Morgan fingerprint density at radius 3 is 2.86 bits per heavy atom. The lowest BCUT2D eigenvalue weighted by atomic mass is 9.91. The molecule has 4 heteroatoms. The Bertz CT molecular complexity index is 646. The minimum absolute atomic E-state index is 0.0200. The van der Waals surface area contributed by atoms with Crippen LogP contribution in [0.1, 0.15) is 23.5 Å². The molecule has 0 fully saturated rings. The van der Waals surface area contributed by atoms with Gasteiger partial charge in [-0.05, 0) is 42.8 Å². The number of ether oxygens (including phenoxy) is 1. The molecule has 1 aliphatic heterocycles. The Balaban J connectivity index is 1.74. The van der Waals surface area contributed by atoms with E-state index in [1.165, 1.54) is 6.07 Å². The van der Waals surface area contributed by atoms with Crippen LogP contribution in [0, 0.1) is 5.82 Å². The number of fused-ring (bicyclic) bond motifs is 1. The lowest BCUT2D eigenvalue weighted by molar-refractivity contribution is 0.210. The molecule has 0 amide bonds. The average molecular weight is 306 g/mol. The molecular weight excluding hydrogens is 289 g/mol. The fourth-order valence-corrected chi connectivity index (χ4v) is 3.18. The summed E-state index contributed by atoms with van der Waals surface area (Å²) in [5.41, 5.74) is 7.88. The predicted octanol–water partition coefficient (Wildman–Crippen LogP) is 3.92. The predicted molar refractivity (Wildman–Crippen MR) is 82.4 cm³/mol. The van der Waals surface area contributed by atoms with E-state index >= 15 is 0 Å². The van der Waals surface area contributed by atoms with Crippen molar-refractivity contribution in [3.63, 3.8) is 0 Å². The zero-order chi connectivity index (χ0) is 14.8. The van der Waals surface area contributed by atoms with E-state index in [0.29, 0.717) is 13.0 Å². The molecule has 2 atom stereocenters. The maximum atomic E-state index is 13.2. The fourth-order valence-electron chi connectivity index (χ4n) is 2.89. The highest BCUT2D eigenvalue weighted by Crippen LogP contribution is 2.35. The molecule has 2 aromatic carbocycles. The van der Waals surface area contributed by atoms with Crippen molar-refractivity contribution < 1.29 is 9.13 Å². The molecule has 0 bridgehead atoms. The fraction of sp³-hybridized carbons (Fsp3) is 0.294. The number of nitrogens with two attached hydrogens (primary N) is 1. The van der Waals surface area contributed by atoms with Gasteiger partial charge in [0.1, 0.15) is 17.7 Å². The van der Waals surface area contributed by atoms with E-state index in [4.69, 9.17) is 22.1 Å². The van der Waals surface area contributed by atoms with Gasteiger partial charge in [0.15, 0.2) is 0 Å². The molecule has 2 N–H and O–H groups in total. The van der Waals surface area contributed by atoms with E-state index < -0.39 is 0 Å². The molecule has 21 heavy (non-hydrogen) atoms. The van der Waals surface area contributed by atoms with E-state index in [9.17, 15) is 4.39 Å². The number of halogens is 2. The number of hydrogen-bond acceptors (Lipinski definition) is 2. The number of benzene rings is 2. The zero-order valence-corrected chi connectivity index (χ0v) is 12.3. The SMILES string of the molecule is NCC(CC1Cc2cc(F)ccc2O1)c1ccccc1Cl. The minimum atomic E-state index is -0.223. The first-order valence-electron chi connectivity index (χ1n) is 7.07. The summed E-state index contributed by atoms with van der Waals surface area (Å²) in [4.78, 5) is 0. The van der Waals surface area contributed by atoms with Gasteiger partial charge in [-0.1, -0.05) is 29.8 Å². The topological polar surface area (TPSA) is 35.2 Å². The number of rotatable bonds is 4. The Hall–Kier alpha value is -1.58. The molecule has 0 saturated carbocycles. The van der Waals surface area contributed by atoms with Crippen molar-refractivity contribution in [1.82, 2.24) is 0 Å². The first-order chi connectivity index (χ1) is 10.2. The highest BCUT2D eigenvalue weighted by atomic mass is 35.5. The summed E-state index contributed by atoms with van der Waals surface area (Å²) in [5.74, 6) is 0.693. The summed E-state index contributed by atoms with van der Waals surface area (Å²) < 4.78 is 19.1. The highest BCUT2D eigenvalue weighted by molar-refractivity contribution is 6.31. The van der Waals surface area contributed by atoms with Gasteiger partial charge < -0.3 is 10.5 Å². The average Bonchev–Trinajstić information content (AvgIpc) is 2.87. The van der Waals surface area contributed by atoms with E-state index in [1.807, 2.05) is 24.3 Å². The van der Waals surface area contributed by atoms with E-state index in [0.717, 1.165) is 28.3 Å². The molecule has 0 aliphatic carbocycles. The van der Waals surface area contributed by atoms with Gasteiger partial charge in [-0.3, -0.25) is 0 Å². The normalized spacial score (nSPS) is 18.1. The van der Waals surface area contributed by atoms with Crippen molar-refractivity contribution in [2.24, 2.45) is 5.73 Å². The van der Waals surface area contributed by atoms with Gasteiger partial charge in [-0.25, -0.2) is 4.39 Å².